The van der Waals surface area contributed by atoms with E-state index in [2.05, 4.69) is 0 Å². The maximum atomic E-state index is 11.4. The number of benzene rings is 1. The molecule has 2 rings (SSSR count). The van der Waals surface area contributed by atoms with Gasteiger partial charge in [-0.15, -0.1) is 0 Å². The van der Waals surface area contributed by atoms with Crippen molar-refractivity contribution in [2.24, 2.45) is 0 Å². The highest BCUT2D eigenvalue weighted by Crippen LogP contribution is 2.32. The van der Waals surface area contributed by atoms with Gasteiger partial charge in [-0.3, -0.25) is 0 Å². The molecule has 1 aromatic carbocycles. The van der Waals surface area contributed by atoms with E-state index in [1.165, 1.54) is 0 Å². The van der Waals surface area contributed by atoms with Crippen molar-refractivity contribution >= 4 is 11.5 Å². The summed E-state index contributed by atoms with van der Waals surface area (Å²) in [5.41, 5.74) is 1.97. The van der Waals surface area contributed by atoms with Gasteiger partial charge in [-0.1, -0.05) is 18.2 Å². The lowest BCUT2D eigenvalue weighted by Crippen LogP contribution is -2.09. The van der Waals surface area contributed by atoms with Crippen molar-refractivity contribution in [3.05, 3.63) is 35.9 Å². The van der Waals surface area contributed by atoms with Crippen LogP contribution in [0, 0.1) is 0 Å². The first-order valence-electron chi connectivity index (χ1n) is 5.41. The minimum absolute atomic E-state index is 0.283. The second-order valence-electron chi connectivity index (χ2n) is 3.52. The average Bonchev–Trinajstić information content (AvgIpc) is 2.30. The lowest BCUT2D eigenvalue weighted by Gasteiger charge is -2.19. The van der Waals surface area contributed by atoms with Crippen LogP contribution in [-0.2, 0) is 9.53 Å². The fourth-order valence-corrected chi connectivity index (χ4v) is 1.74. The molecule has 1 aromatic rings. The molecule has 0 amide bonds. The van der Waals surface area contributed by atoms with Crippen LogP contribution in [0.2, 0.25) is 0 Å². The van der Waals surface area contributed by atoms with Crippen LogP contribution in [0.25, 0.3) is 5.57 Å². The lowest BCUT2D eigenvalue weighted by atomic mass is 9.99. The average molecular weight is 218 g/mol. The number of ether oxygens (including phenoxy) is 2. The third-order valence-corrected chi connectivity index (χ3v) is 2.44. The first kappa shape index (κ1) is 10.7. The smallest absolute Gasteiger partial charge is 0.331 e. The van der Waals surface area contributed by atoms with E-state index in [1.807, 2.05) is 24.3 Å². The largest absolute Gasteiger partial charge is 0.493 e. The van der Waals surface area contributed by atoms with Crippen LogP contribution >= 0.6 is 0 Å². The number of carbonyl (C=O) groups is 1. The molecule has 1 aliphatic rings. The summed E-state index contributed by atoms with van der Waals surface area (Å²) in [6.45, 7) is 2.82. The molecule has 0 radical (unpaired) electrons. The molecule has 3 heteroatoms. The first-order valence-corrected chi connectivity index (χ1v) is 5.41. The molecule has 0 spiro atoms. The highest BCUT2D eigenvalue weighted by molar-refractivity contribution is 5.92. The van der Waals surface area contributed by atoms with Gasteiger partial charge in [-0.25, -0.2) is 4.79 Å². The third kappa shape index (κ3) is 2.24. The van der Waals surface area contributed by atoms with Crippen LogP contribution in [-0.4, -0.2) is 19.2 Å². The van der Waals surface area contributed by atoms with Crippen molar-refractivity contribution in [3.8, 4) is 5.75 Å². The summed E-state index contributed by atoms with van der Waals surface area (Å²) in [5.74, 6) is 0.554. The second kappa shape index (κ2) is 4.84. The number of hydrogen-bond acceptors (Lipinski definition) is 3. The van der Waals surface area contributed by atoms with Crippen molar-refractivity contribution in [1.29, 1.82) is 0 Å². The quantitative estimate of drug-likeness (QED) is 0.565. The molecule has 84 valence electrons. The zero-order valence-electron chi connectivity index (χ0n) is 9.23. The van der Waals surface area contributed by atoms with Crippen LogP contribution in [0.3, 0.4) is 0 Å². The van der Waals surface area contributed by atoms with Gasteiger partial charge in [0, 0.05) is 18.1 Å². The maximum Gasteiger partial charge on any atom is 0.331 e. The summed E-state index contributed by atoms with van der Waals surface area (Å²) < 4.78 is 10.4. The van der Waals surface area contributed by atoms with E-state index in [9.17, 15) is 4.79 Å². The van der Waals surface area contributed by atoms with Gasteiger partial charge in [0.2, 0.25) is 0 Å². The predicted molar refractivity (Wildman–Crippen MR) is 61.2 cm³/mol. The number of fused-ring (bicyclic) bond motifs is 1. The normalized spacial score (nSPS) is 16.4. The van der Waals surface area contributed by atoms with Gasteiger partial charge in [0.25, 0.3) is 0 Å². The Morgan fingerprint density at radius 1 is 1.50 bits per heavy atom. The minimum Gasteiger partial charge on any atom is -0.493 e. The molecule has 0 unspecified atom stereocenters. The number of esters is 1. The molecule has 3 nitrogen and oxygen atoms in total. The Hall–Kier alpha value is -1.77. The molecule has 0 aromatic heterocycles. The predicted octanol–water partition coefficient (Wildman–Crippen LogP) is 2.42. The zero-order chi connectivity index (χ0) is 11.4. The second-order valence-corrected chi connectivity index (χ2v) is 3.52. The van der Waals surface area contributed by atoms with Gasteiger partial charge in [0.05, 0.1) is 13.2 Å². The highest BCUT2D eigenvalue weighted by atomic mass is 16.5. The molecule has 0 bridgehead atoms. The number of rotatable bonds is 2. The fourth-order valence-electron chi connectivity index (χ4n) is 1.74. The first-order chi connectivity index (χ1) is 7.81. The Balaban J connectivity index is 2.28. The summed E-state index contributed by atoms with van der Waals surface area (Å²) in [7, 11) is 0. The van der Waals surface area contributed by atoms with Crippen LogP contribution in [0.4, 0.5) is 0 Å². The van der Waals surface area contributed by atoms with E-state index >= 15 is 0 Å². The van der Waals surface area contributed by atoms with Crippen LogP contribution in [0.1, 0.15) is 18.9 Å². The summed E-state index contributed by atoms with van der Waals surface area (Å²) in [5, 5.41) is 0. The van der Waals surface area contributed by atoms with Gasteiger partial charge in [-0.05, 0) is 18.6 Å². The molecule has 0 saturated carbocycles. The van der Waals surface area contributed by atoms with Crippen molar-refractivity contribution in [3.63, 3.8) is 0 Å². The number of carbonyl (C=O) groups excluding carboxylic acids is 1. The lowest BCUT2D eigenvalue weighted by molar-refractivity contribution is -0.137. The third-order valence-electron chi connectivity index (χ3n) is 2.44. The van der Waals surface area contributed by atoms with Crippen molar-refractivity contribution in [2.75, 3.05) is 13.2 Å². The summed E-state index contributed by atoms with van der Waals surface area (Å²) in [4.78, 5) is 11.4. The van der Waals surface area contributed by atoms with E-state index in [4.69, 9.17) is 9.47 Å². The molecule has 0 saturated heterocycles. The summed E-state index contributed by atoms with van der Waals surface area (Å²) in [6.07, 6.45) is 2.31. The van der Waals surface area contributed by atoms with Gasteiger partial charge >= 0.3 is 5.97 Å². The monoisotopic (exact) mass is 218 g/mol. The van der Waals surface area contributed by atoms with Crippen LogP contribution < -0.4 is 4.74 Å². The van der Waals surface area contributed by atoms with Gasteiger partial charge < -0.3 is 9.47 Å². The molecule has 16 heavy (non-hydrogen) atoms. The molecular formula is C13H14O3. The standard InChI is InChI=1S/C13H14O3/c1-2-15-13(14)9-10-7-8-16-12-6-4-3-5-11(10)12/h3-6,9H,2,7-8H2,1H3/b10-9+. The van der Waals surface area contributed by atoms with E-state index < -0.39 is 0 Å². The van der Waals surface area contributed by atoms with Crippen molar-refractivity contribution in [1.82, 2.24) is 0 Å². The molecule has 0 atom stereocenters. The molecule has 1 aliphatic heterocycles. The Labute approximate surface area is 94.7 Å². The molecular weight excluding hydrogens is 204 g/mol. The molecule has 1 heterocycles. The number of hydrogen-bond donors (Lipinski definition) is 0. The van der Waals surface area contributed by atoms with Gasteiger partial charge in [-0.2, -0.15) is 0 Å². The topological polar surface area (TPSA) is 35.5 Å². The number of para-hydroxylation sites is 1. The molecule has 0 fully saturated rings. The van der Waals surface area contributed by atoms with E-state index in [-0.39, 0.29) is 5.97 Å². The van der Waals surface area contributed by atoms with Gasteiger partial charge in [0.15, 0.2) is 0 Å². The Bertz CT molecular complexity index is 421. The van der Waals surface area contributed by atoms with Crippen molar-refractivity contribution < 1.29 is 14.3 Å². The SMILES string of the molecule is CCOC(=O)/C=C1\CCOc2ccccc21. The fraction of sp³-hybridized carbons (Fsp3) is 0.308. The molecule has 0 N–H and O–H groups in total. The molecule has 0 aliphatic carbocycles. The van der Waals surface area contributed by atoms with Crippen LogP contribution in [0.5, 0.6) is 5.75 Å². The summed E-state index contributed by atoms with van der Waals surface area (Å²) >= 11 is 0. The van der Waals surface area contributed by atoms with E-state index in [0.29, 0.717) is 13.2 Å². The summed E-state index contributed by atoms with van der Waals surface area (Å²) in [6, 6.07) is 7.73. The van der Waals surface area contributed by atoms with E-state index in [1.54, 1.807) is 13.0 Å². The maximum absolute atomic E-state index is 11.4. The van der Waals surface area contributed by atoms with E-state index in [0.717, 1.165) is 23.3 Å². The zero-order valence-corrected chi connectivity index (χ0v) is 9.23. The highest BCUT2D eigenvalue weighted by Gasteiger charge is 2.15. The van der Waals surface area contributed by atoms with Gasteiger partial charge in [0.1, 0.15) is 5.75 Å². The Morgan fingerprint density at radius 2 is 2.31 bits per heavy atom. The van der Waals surface area contributed by atoms with Crippen LogP contribution in [0.15, 0.2) is 30.3 Å². The minimum atomic E-state index is -0.283. The van der Waals surface area contributed by atoms with Crippen molar-refractivity contribution in [2.45, 2.75) is 13.3 Å². The Kier molecular flexibility index (Phi) is 3.25. The Morgan fingerprint density at radius 3 is 3.12 bits per heavy atom.